The Morgan fingerprint density at radius 2 is 1.63 bits per heavy atom. The monoisotopic (exact) mass is 260 g/mol. The molecule has 3 aliphatic rings. The Kier molecular flexibility index (Phi) is 4.02. The first-order valence-corrected chi connectivity index (χ1v) is 7.44. The van der Waals surface area contributed by atoms with Crippen LogP contribution in [0.5, 0.6) is 0 Å². The lowest BCUT2D eigenvalue weighted by molar-refractivity contribution is -0.122. The average Bonchev–Trinajstić information content (AvgIpc) is 2.51. The Balaban J connectivity index is 0.000000637. The molecule has 0 aliphatic heterocycles. The molecule has 104 valence electrons. The average molecular weight is 260 g/mol. The molecule has 1 aromatic heterocycles. The molecule has 19 heavy (non-hydrogen) atoms. The second-order valence-electron chi connectivity index (χ2n) is 5.81. The molecule has 0 unspecified atom stereocenters. The number of aromatic nitrogens is 2. The highest BCUT2D eigenvalue weighted by atomic mass is 16.1. The van der Waals surface area contributed by atoms with Crippen molar-refractivity contribution >= 4 is 6.29 Å². The Labute approximate surface area is 115 Å². The van der Waals surface area contributed by atoms with Crippen LogP contribution in [0.2, 0.25) is 0 Å². The number of carbonyl (C=O) groups excluding carboxylic acids is 1. The fourth-order valence-electron chi connectivity index (χ4n) is 3.52. The number of aryl methyl sites for hydroxylation is 1. The summed E-state index contributed by atoms with van der Waals surface area (Å²) in [7, 11) is 0. The van der Waals surface area contributed by atoms with E-state index in [4.69, 9.17) is 0 Å². The van der Waals surface area contributed by atoms with Crippen molar-refractivity contribution in [1.29, 1.82) is 0 Å². The lowest BCUT2D eigenvalue weighted by atomic mass is 9.53. The van der Waals surface area contributed by atoms with Crippen LogP contribution < -0.4 is 0 Å². The first-order valence-electron chi connectivity index (χ1n) is 7.44. The summed E-state index contributed by atoms with van der Waals surface area (Å²) in [5.41, 5.74) is 2.48. The van der Waals surface area contributed by atoms with E-state index in [9.17, 15) is 4.79 Å². The van der Waals surface area contributed by atoms with E-state index >= 15 is 0 Å². The Morgan fingerprint density at radius 3 is 2.11 bits per heavy atom. The van der Waals surface area contributed by atoms with Crippen LogP contribution in [0.25, 0.3) is 0 Å². The molecular weight excluding hydrogens is 236 g/mol. The molecule has 0 saturated heterocycles. The SMILES string of the molecule is CC.Cc1cc(C23CCC(C=O)(CC2)CC3)ncn1. The van der Waals surface area contributed by atoms with Crippen LogP contribution in [-0.4, -0.2) is 16.3 Å². The van der Waals surface area contributed by atoms with Crippen molar-refractivity contribution in [3.8, 4) is 0 Å². The van der Waals surface area contributed by atoms with E-state index in [1.54, 1.807) is 6.33 Å². The Hall–Kier alpha value is -1.25. The highest BCUT2D eigenvalue weighted by molar-refractivity contribution is 5.60. The molecule has 3 nitrogen and oxygen atoms in total. The molecule has 3 saturated carbocycles. The van der Waals surface area contributed by atoms with Gasteiger partial charge in [-0.2, -0.15) is 0 Å². The van der Waals surface area contributed by atoms with Gasteiger partial charge >= 0.3 is 0 Å². The normalized spacial score (nSPS) is 32.4. The van der Waals surface area contributed by atoms with Crippen LogP contribution >= 0.6 is 0 Å². The second-order valence-corrected chi connectivity index (χ2v) is 5.81. The number of fused-ring (bicyclic) bond motifs is 3. The summed E-state index contributed by atoms with van der Waals surface area (Å²) < 4.78 is 0. The largest absolute Gasteiger partial charge is 0.303 e. The minimum atomic E-state index is 0.00379. The summed E-state index contributed by atoms with van der Waals surface area (Å²) in [5, 5.41) is 0. The lowest BCUT2D eigenvalue weighted by Gasteiger charge is -2.50. The topological polar surface area (TPSA) is 42.9 Å². The van der Waals surface area contributed by atoms with Crippen molar-refractivity contribution in [3.05, 3.63) is 23.8 Å². The van der Waals surface area contributed by atoms with Crippen molar-refractivity contribution in [1.82, 2.24) is 9.97 Å². The van der Waals surface area contributed by atoms with Crippen LogP contribution in [0.1, 0.15) is 63.8 Å². The number of hydrogen-bond donors (Lipinski definition) is 0. The Bertz CT molecular complexity index is 431. The van der Waals surface area contributed by atoms with E-state index < -0.39 is 0 Å². The standard InChI is InChI=1S/C14H18N2O.C2H6/c1-11-8-12(16-10-15-11)14-5-2-13(9-17,3-6-14)4-7-14;1-2/h8-10H,2-7H2,1H3;1-2H3. The summed E-state index contributed by atoms with van der Waals surface area (Å²) in [6.07, 6.45) is 9.35. The van der Waals surface area contributed by atoms with Gasteiger partial charge in [-0.3, -0.25) is 0 Å². The summed E-state index contributed by atoms with van der Waals surface area (Å²) in [6, 6.07) is 2.12. The van der Waals surface area contributed by atoms with E-state index in [-0.39, 0.29) is 10.8 Å². The van der Waals surface area contributed by atoms with Crippen molar-refractivity contribution < 1.29 is 4.79 Å². The summed E-state index contributed by atoms with van der Waals surface area (Å²) in [5.74, 6) is 0. The minimum absolute atomic E-state index is 0.00379. The zero-order valence-corrected chi connectivity index (χ0v) is 12.3. The number of nitrogens with zero attached hydrogens (tertiary/aromatic N) is 2. The zero-order chi connectivity index (χ0) is 13.9. The second kappa shape index (κ2) is 5.40. The van der Waals surface area contributed by atoms with Crippen LogP contribution in [0.3, 0.4) is 0 Å². The van der Waals surface area contributed by atoms with Gasteiger partial charge in [-0.15, -0.1) is 0 Å². The minimum Gasteiger partial charge on any atom is -0.303 e. The molecule has 3 aliphatic carbocycles. The summed E-state index contributed by atoms with van der Waals surface area (Å²) >= 11 is 0. The maximum Gasteiger partial charge on any atom is 0.126 e. The van der Waals surface area contributed by atoms with Crippen molar-refractivity contribution in [2.45, 2.75) is 64.7 Å². The molecule has 2 bridgehead atoms. The molecule has 3 heteroatoms. The molecular formula is C16H24N2O. The molecule has 4 rings (SSSR count). The van der Waals surface area contributed by atoms with Crippen molar-refractivity contribution in [2.24, 2.45) is 5.41 Å². The molecule has 0 aromatic carbocycles. The maximum absolute atomic E-state index is 11.2. The van der Waals surface area contributed by atoms with Gasteiger partial charge in [0.1, 0.15) is 12.6 Å². The van der Waals surface area contributed by atoms with Gasteiger partial charge in [0.15, 0.2) is 0 Å². The van der Waals surface area contributed by atoms with Crippen LogP contribution in [0.4, 0.5) is 0 Å². The number of rotatable bonds is 2. The van der Waals surface area contributed by atoms with Gasteiger partial charge in [-0.1, -0.05) is 13.8 Å². The van der Waals surface area contributed by atoms with E-state index in [0.29, 0.717) is 0 Å². The van der Waals surface area contributed by atoms with Gasteiger partial charge in [0.2, 0.25) is 0 Å². The van der Waals surface area contributed by atoms with Crippen LogP contribution in [-0.2, 0) is 10.2 Å². The predicted molar refractivity (Wildman–Crippen MR) is 76.0 cm³/mol. The number of hydrogen-bond acceptors (Lipinski definition) is 3. The smallest absolute Gasteiger partial charge is 0.126 e. The zero-order valence-electron chi connectivity index (χ0n) is 12.3. The molecule has 3 fully saturated rings. The van der Waals surface area contributed by atoms with E-state index in [0.717, 1.165) is 44.2 Å². The molecule has 0 spiro atoms. The van der Waals surface area contributed by atoms with E-state index in [1.807, 2.05) is 20.8 Å². The third-order valence-electron chi connectivity index (χ3n) is 4.90. The Morgan fingerprint density at radius 1 is 1.05 bits per heavy atom. The molecule has 1 aromatic rings. The summed E-state index contributed by atoms with van der Waals surface area (Å²) in [4.78, 5) is 19.9. The van der Waals surface area contributed by atoms with Gasteiger partial charge in [0.05, 0.1) is 5.69 Å². The lowest BCUT2D eigenvalue weighted by Crippen LogP contribution is -2.45. The van der Waals surface area contributed by atoms with E-state index in [2.05, 4.69) is 16.0 Å². The molecule has 0 radical (unpaired) electrons. The molecule has 0 N–H and O–H groups in total. The first kappa shape index (κ1) is 14.2. The van der Waals surface area contributed by atoms with Gasteiger partial charge in [0, 0.05) is 16.5 Å². The van der Waals surface area contributed by atoms with Crippen molar-refractivity contribution in [3.63, 3.8) is 0 Å². The maximum atomic E-state index is 11.2. The fourth-order valence-corrected chi connectivity index (χ4v) is 3.52. The van der Waals surface area contributed by atoms with Gasteiger partial charge < -0.3 is 4.79 Å². The fraction of sp³-hybridized carbons (Fsp3) is 0.688. The first-order chi connectivity index (χ1) is 9.18. The number of carbonyl (C=O) groups is 1. The quantitative estimate of drug-likeness (QED) is 0.763. The molecule has 1 heterocycles. The third-order valence-corrected chi connectivity index (χ3v) is 4.90. The molecule has 0 amide bonds. The van der Waals surface area contributed by atoms with Crippen LogP contribution in [0, 0.1) is 12.3 Å². The molecule has 0 atom stereocenters. The van der Waals surface area contributed by atoms with Crippen molar-refractivity contribution in [2.75, 3.05) is 0 Å². The number of aldehydes is 1. The summed E-state index contributed by atoms with van der Waals surface area (Å²) in [6.45, 7) is 6.02. The van der Waals surface area contributed by atoms with E-state index in [1.165, 1.54) is 12.0 Å². The highest BCUT2D eigenvalue weighted by Gasteiger charge is 2.49. The highest BCUT2D eigenvalue weighted by Crippen LogP contribution is 2.56. The van der Waals surface area contributed by atoms with Gasteiger partial charge in [0.25, 0.3) is 0 Å². The van der Waals surface area contributed by atoms with Crippen LogP contribution in [0.15, 0.2) is 12.4 Å². The van der Waals surface area contributed by atoms with Gasteiger partial charge in [-0.25, -0.2) is 9.97 Å². The third kappa shape index (κ3) is 2.43. The predicted octanol–water partition coefficient (Wildman–Crippen LogP) is 3.60. The van der Waals surface area contributed by atoms with Gasteiger partial charge in [-0.05, 0) is 51.5 Å².